The van der Waals surface area contributed by atoms with Crippen LogP contribution in [-0.2, 0) is 6.54 Å². The van der Waals surface area contributed by atoms with E-state index in [1.165, 1.54) is 17.9 Å². The molecule has 3 nitrogen and oxygen atoms in total. The van der Waals surface area contributed by atoms with Gasteiger partial charge in [-0.2, -0.15) is 11.8 Å². The number of aryl methyl sites for hydroxylation is 1. The molecule has 78 valence electrons. The van der Waals surface area contributed by atoms with Gasteiger partial charge in [0.25, 0.3) is 0 Å². The number of hydrogen-bond acceptors (Lipinski definition) is 4. The summed E-state index contributed by atoms with van der Waals surface area (Å²) >= 11 is 2.06. The standard InChI is InChI=1S/C10H16N2OS/c1-8-4-10(12-13-8)6-11-5-9-2-3-14-7-9/h4,9,11H,2-3,5-7H2,1H3. The molecule has 0 amide bonds. The van der Waals surface area contributed by atoms with E-state index in [1.54, 1.807) is 0 Å². The Kier molecular flexibility index (Phi) is 3.48. The number of rotatable bonds is 4. The van der Waals surface area contributed by atoms with Crippen LogP contribution in [-0.4, -0.2) is 23.2 Å². The summed E-state index contributed by atoms with van der Waals surface area (Å²) in [5.74, 6) is 4.38. The largest absolute Gasteiger partial charge is 0.361 e. The summed E-state index contributed by atoms with van der Waals surface area (Å²) in [5, 5.41) is 7.36. The van der Waals surface area contributed by atoms with E-state index in [0.717, 1.165) is 30.5 Å². The lowest BCUT2D eigenvalue weighted by atomic mass is 10.1. The molecule has 0 radical (unpaired) electrons. The predicted molar refractivity (Wildman–Crippen MR) is 58.4 cm³/mol. The molecule has 1 aliphatic rings. The third-order valence-corrected chi connectivity index (χ3v) is 3.67. The van der Waals surface area contributed by atoms with Crippen LogP contribution >= 0.6 is 11.8 Å². The third kappa shape index (κ3) is 2.75. The molecule has 1 aliphatic heterocycles. The molecule has 1 saturated heterocycles. The second-order valence-corrected chi connectivity index (χ2v) is 4.94. The monoisotopic (exact) mass is 212 g/mol. The third-order valence-electron chi connectivity index (χ3n) is 2.44. The van der Waals surface area contributed by atoms with Crippen LogP contribution in [0.3, 0.4) is 0 Å². The topological polar surface area (TPSA) is 38.1 Å². The van der Waals surface area contributed by atoms with Gasteiger partial charge in [-0.3, -0.25) is 0 Å². The molecule has 14 heavy (non-hydrogen) atoms. The maximum absolute atomic E-state index is 4.99. The van der Waals surface area contributed by atoms with Gasteiger partial charge in [-0.05, 0) is 37.3 Å². The molecule has 2 rings (SSSR count). The summed E-state index contributed by atoms with van der Waals surface area (Å²) in [6, 6.07) is 1.98. The van der Waals surface area contributed by atoms with Gasteiger partial charge in [-0.25, -0.2) is 0 Å². The Bertz CT molecular complexity index is 281. The van der Waals surface area contributed by atoms with Gasteiger partial charge in [-0.1, -0.05) is 5.16 Å². The molecule has 1 fully saturated rings. The molecule has 1 N–H and O–H groups in total. The van der Waals surface area contributed by atoms with Crippen LogP contribution in [0.4, 0.5) is 0 Å². The van der Waals surface area contributed by atoms with Crippen molar-refractivity contribution in [2.24, 2.45) is 5.92 Å². The lowest BCUT2D eigenvalue weighted by Gasteiger charge is -2.07. The zero-order valence-corrected chi connectivity index (χ0v) is 9.27. The van der Waals surface area contributed by atoms with Crippen molar-refractivity contribution >= 4 is 11.8 Å². The maximum Gasteiger partial charge on any atom is 0.133 e. The van der Waals surface area contributed by atoms with Gasteiger partial charge < -0.3 is 9.84 Å². The summed E-state index contributed by atoms with van der Waals surface area (Å²) in [6.45, 7) is 3.86. The van der Waals surface area contributed by atoms with Crippen LogP contribution < -0.4 is 5.32 Å². The maximum atomic E-state index is 4.99. The Morgan fingerprint density at radius 1 is 1.71 bits per heavy atom. The molecular weight excluding hydrogens is 196 g/mol. The molecule has 1 unspecified atom stereocenters. The van der Waals surface area contributed by atoms with E-state index in [2.05, 4.69) is 22.2 Å². The summed E-state index contributed by atoms with van der Waals surface area (Å²) in [5.41, 5.74) is 1.01. The Labute approximate surface area is 88.6 Å². The predicted octanol–water partition coefficient (Wildman–Crippen LogP) is 1.83. The molecule has 1 aromatic rings. The van der Waals surface area contributed by atoms with Gasteiger partial charge in [0, 0.05) is 12.6 Å². The van der Waals surface area contributed by atoms with Crippen molar-refractivity contribution in [3.63, 3.8) is 0 Å². The van der Waals surface area contributed by atoms with Crippen LogP contribution in [0.5, 0.6) is 0 Å². The fourth-order valence-electron chi connectivity index (χ4n) is 1.65. The summed E-state index contributed by atoms with van der Waals surface area (Å²) in [7, 11) is 0. The molecule has 0 aromatic carbocycles. The summed E-state index contributed by atoms with van der Waals surface area (Å²) in [6.07, 6.45) is 1.36. The first-order chi connectivity index (χ1) is 6.84. The normalized spacial score (nSPS) is 21.6. The van der Waals surface area contributed by atoms with Crippen molar-refractivity contribution < 1.29 is 4.52 Å². The first kappa shape index (κ1) is 10.1. The average Bonchev–Trinajstić information content (AvgIpc) is 2.77. The van der Waals surface area contributed by atoms with Gasteiger partial charge in [0.2, 0.25) is 0 Å². The van der Waals surface area contributed by atoms with Crippen molar-refractivity contribution in [3.05, 3.63) is 17.5 Å². The number of aromatic nitrogens is 1. The zero-order chi connectivity index (χ0) is 9.80. The molecule has 0 saturated carbocycles. The molecule has 4 heteroatoms. The Hall–Kier alpha value is -0.480. The van der Waals surface area contributed by atoms with E-state index in [0.29, 0.717) is 0 Å². The minimum atomic E-state index is 0.832. The smallest absolute Gasteiger partial charge is 0.133 e. The summed E-state index contributed by atoms with van der Waals surface area (Å²) in [4.78, 5) is 0. The second-order valence-electron chi connectivity index (χ2n) is 3.79. The summed E-state index contributed by atoms with van der Waals surface area (Å²) < 4.78 is 4.99. The number of thioether (sulfide) groups is 1. The number of hydrogen-bond donors (Lipinski definition) is 1. The average molecular weight is 212 g/mol. The molecule has 1 atom stereocenters. The van der Waals surface area contributed by atoms with Gasteiger partial charge in [0.15, 0.2) is 0 Å². The number of nitrogens with zero attached hydrogens (tertiary/aromatic N) is 1. The van der Waals surface area contributed by atoms with Crippen LogP contribution in [0.2, 0.25) is 0 Å². The van der Waals surface area contributed by atoms with Crippen molar-refractivity contribution in [1.82, 2.24) is 10.5 Å². The van der Waals surface area contributed by atoms with Crippen LogP contribution in [0.15, 0.2) is 10.6 Å². The van der Waals surface area contributed by atoms with E-state index in [1.807, 2.05) is 13.0 Å². The first-order valence-electron chi connectivity index (χ1n) is 5.05. The van der Waals surface area contributed by atoms with Crippen molar-refractivity contribution in [3.8, 4) is 0 Å². The van der Waals surface area contributed by atoms with Gasteiger partial charge in [0.1, 0.15) is 5.76 Å². The van der Waals surface area contributed by atoms with Gasteiger partial charge in [-0.15, -0.1) is 0 Å². The SMILES string of the molecule is Cc1cc(CNCC2CCSC2)no1. The fourth-order valence-corrected chi connectivity index (χ4v) is 2.93. The van der Waals surface area contributed by atoms with E-state index in [4.69, 9.17) is 4.52 Å². The van der Waals surface area contributed by atoms with Crippen LogP contribution in [0.25, 0.3) is 0 Å². The van der Waals surface area contributed by atoms with Crippen molar-refractivity contribution in [1.29, 1.82) is 0 Å². The van der Waals surface area contributed by atoms with Crippen molar-refractivity contribution in [2.75, 3.05) is 18.1 Å². The van der Waals surface area contributed by atoms with Gasteiger partial charge in [0.05, 0.1) is 5.69 Å². The van der Waals surface area contributed by atoms with E-state index in [9.17, 15) is 0 Å². The van der Waals surface area contributed by atoms with Crippen LogP contribution in [0.1, 0.15) is 17.9 Å². The Morgan fingerprint density at radius 3 is 3.29 bits per heavy atom. The van der Waals surface area contributed by atoms with Gasteiger partial charge >= 0.3 is 0 Å². The second kappa shape index (κ2) is 4.84. The highest BCUT2D eigenvalue weighted by molar-refractivity contribution is 7.99. The highest BCUT2D eigenvalue weighted by Crippen LogP contribution is 2.22. The minimum absolute atomic E-state index is 0.832. The van der Waals surface area contributed by atoms with Crippen LogP contribution in [0, 0.1) is 12.8 Å². The highest BCUT2D eigenvalue weighted by Gasteiger charge is 2.14. The molecule has 2 heterocycles. The fraction of sp³-hybridized carbons (Fsp3) is 0.700. The van der Waals surface area contributed by atoms with E-state index >= 15 is 0 Å². The zero-order valence-electron chi connectivity index (χ0n) is 8.45. The molecule has 0 spiro atoms. The quantitative estimate of drug-likeness (QED) is 0.826. The first-order valence-corrected chi connectivity index (χ1v) is 6.21. The lowest BCUT2D eigenvalue weighted by Crippen LogP contribution is -2.22. The molecular formula is C10H16N2OS. The number of nitrogens with one attached hydrogen (secondary N) is 1. The molecule has 0 bridgehead atoms. The van der Waals surface area contributed by atoms with E-state index in [-0.39, 0.29) is 0 Å². The highest BCUT2D eigenvalue weighted by atomic mass is 32.2. The molecule has 0 aliphatic carbocycles. The van der Waals surface area contributed by atoms with Crippen molar-refractivity contribution in [2.45, 2.75) is 19.9 Å². The Balaban J connectivity index is 1.67. The minimum Gasteiger partial charge on any atom is -0.361 e. The Morgan fingerprint density at radius 2 is 2.64 bits per heavy atom. The van der Waals surface area contributed by atoms with E-state index < -0.39 is 0 Å². The molecule has 1 aromatic heterocycles. The lowest BCUT2D eigenvalue weighted by molar-refractivity contribution is 0.386.